The van der Waals surface area contributed by atoms with Gasteiger partial charge in [0.05, 0.1) is 13.2 Å². The molecule has 0 amide bonds. The van der Waals surface area contributed by atoms with Crippen LogP contribution in [0.5, 0.6) is 0 Å². The standard InChI is InChI=1S/C6H14O12P2.C6H12O6/c7-1-3(8)5(10)6(18-20(14,15)16)4(9)2-17-19(11,12)13;7-1-3(9)5(11)6(12)4(10)2-8/h3,5-8,10H,1-2H2,(H2,11,12,13)(H2,14,15,16);3,5-9,11-12H,1-2H2/t3-,5+,6-;3-,5-,6-/m11/s1. The highest BCUT2D eigenvalue weighted by atomic mass is 31.2. The van der Waals surface area contributed by atoms with Crippen LogP contribution in [0.1, 0.15) is 0 Å². The van der Waals surface area contributed by atoms with Gasteiger partial charge in [-0.15, -0.1) is 0 Å². The largest absolute Gasteiger partial charge is 0.470 e. The molecule has 32 heavy (non-hydrogen) atoms. The molecule has 12 N–H and O–H groups in total. The smallest absolute Gasteiger partial charge is 0.394 e. The van der Waals surface area contributed by atoms with E-state index in [0.717, 1.165) is 0 Å². The predicted molar refractivity (Wildman–Crippen MR) is 96.2 cm³/mol. The van der Waals surface area contributed by atoms with Crippen molar-refractivity contribution in [2.45, 2.75) is 36.6 Å². The zero-order chi connectivity index (χ0) is 25.9. The summed E-state index contributed by atoms with van der Waals surface area (Å²) < 4.78 is 28.7. The fourth-order valence-corrected chi connectivity index (χ4v) is 2.44. The van der Waals surface area contributed by atoms with Gasteiger partial charge in [-0.25, -0.2) is 9.13 Å². The van der Waals surface area contributed by atoms with Crippen LogP contribution >= 0.6 is 15.6 Å². The number of aliphatic hydroxyl groups is 8. The third-order valence-corrected chi connectivity index (χ3v) is 4.19. The average molecular weight is 520 g/mol. The minimum absolute atomic E-state index is 0.767. The molecule has 192 valence electrons. The summed E-state index contributed by atoms with van der Waals surface area (Å²) in [4.78, 5) is 55.8. The first-order chi connectivity index (χ1) is 14.4. The highest BCUT2D eigenvalue weighted by Gasteiger charge is 2.38. The van der Waals surface area contributed by atoms with Gasteiger partial charge >= 0.3 is 15.6 Å². The minimum atomic E-state index is -5.27. The number of Topliss-reactive ketones (excluding diaryl/α,β-unsaturated/α-hetero) is 2. The van der Waals surface area contributed by atoms with Crippen molar-refractivity contribution in [2.24, 2.45) is 0 Å². The molecule has 0 fully saturated rings. The van der Waals surface area contributed by atoms with E-state index in [4.69, 9.17) is 55.3 Å². The molecule has 0 aromatic carbocycles. The van der Waals surface area contributed by atoms with E-state index >= 15 is 0 Å². The molecule has 6 atom stereocenters. The van der Waals surface area contributed by atoms with Crippen molar-refractivity contribution < 1.29 is 88.2 Å². The summed E-state index contributed by atoms with van der Waals surface area (Å²) in [6.07, 6.45) is -11.8. The molecule has 0 saturated carbocycles. The number of hydrogen-bond donors (Lipinski definition) is 12. The molecule has 0 saturated heterocycles. The van der Waals surface area contributed by atoms with Gasteiger partial charge in [-0.1, -0.05) is 0 Å². The van der Waals surface area contributed by atoms with Crippen LogP contribution in [0.3, 0.4) is 0 Å². The Balaban J connectivity index is 0. The second-order valence-electron chi connectivity index (χ2n) is 5.80. The van der Waals surface area contributed by atoms with E-state index in [2.05, 4.69) is 9.05 Å². The molecule has 0 bridgehead atoms. The topological polar surface area (TPSA) is 330 Å². The van der Waals surface area contributed by atoms with Crippen molar-refractivity contribution in [3.8, 4) is 0 Å². The Morgan fingerprint density at radius 2 is 1.16 bits per heavy atom. The monoisotopic (exact) mass is 520 g/mol. The van der Waals surface area contributed by atoms with Crippen molar-refractivity contribution in [3.63, 3.8) is 0 Å². The lowest BCUT2D eigenvalue weighted by Crippen LogP contribution is -2.46. The summed E-state index contributed by atoms with van der Waals surface area (Å²) in [5.41, 5.74) is 0. The van der Waals surface area contributed by atoms with Crippen molar-refractivity contribution in [1.82, 2.24) is 0 Å². The van der Waals surface area contributed by atoms with Crippen LogP contribution in [-0.2, 0) is 27.8 Å². The van der Waals surface area contributed by atoms with Crippen LogP contribution in [0, 0.1) is 0 Å². The van der Waals surface area contributed by atoms with Crippen LogP contribution in [0.25, 0.3) is 0 Å². The van der Waals surface area contributed by atoms with Crippen molar-refractivity contribution in [3.05, 3.63) is 0 Å². The predicted octanol–water partition coefficient (Wildman–Crippen LogP) is -6.52. The van der Waals surface area contributed by atoms with Gasteiger partial charge in [0.15, 0.2) is 17.7 Å². The summed E-state index contributed by atoms with van der Waals surface area (Å²) in [6, 6.07) is 0. The molecule has 0 aromatic rings. The zero-order valence-corrected chi connectivity index (χ0v) is 17.8. The maximum atomic E-state index is 11.4. The van der Waals surface area contributed by atoms with Crippen molar-refractivity contribution in [1.29, 1.82) is 0 Å². The van der Waals surface area contributed by atoms with E-state index in [-0.39, 0.29) is 0 Å². The highest BCUT2D eigenvalue weighted by molar-refractivity contribution is 7.46. The molecule has 0 heterocycles. The molecule has 0 aromatic heterocycles. The van der Waals surface area contributed by atoms with E-state index < -0.39 is 90.3 Å². The Labute approximate surface area is 179 Å². The van der Waals surface area contributed by atoms with E-state index in [9.17, 15) is 23.8 Å². The molecule has 0 spiro atoms. The summed E-state index contributed by atoms with van der Waals surface area (Å²) >= 11 is 0. The number of ketones is 2. The van der Waals surface area contributed by atoms with Gasteiger partial charge in [0, 0.05) is 0 Å². The lowest BCUT2D eigenvalue weighted by Gasteiger charge is -2.24. The molecule has 0 radical (unpaired) electrons. The Morgan fingerprint density at radius 1 is 0.719 bits per heavy atom. The molecule has 0 aliphatic rings. The maximum absolute atomic E-state index is 11.4. The minimum Gasteiger partial charge on any atom is -0.394 e. The van der Waals surface area contributed by atoms with Gasteiger partial charge < -0.3 is 60.4 Å². The van der Waals surface area contributed by atoms with Crippen molar-refractivity contribution in [2.75, 3.05) is 26.4 Å². The fourth-order valence-electron chi connectivity index (χ4n) is 1.60. The van der Waals surface area contributed by atoms with E-state index in [1.165, 1.54) is 0 Å². The third kappa shape index (κ3) is 14.4. The van der Waals surface area contributed by atoms with Crippen LogP contribution in [0.2, 0.25) is 0 Å². The van der Waals surface area contributed by atoms with Crippen LogP contribution in [0.4, 0.5) is 0 Å². The summed E-state index contributed by atoms with van der Waals surface area (Å²) in [6.45, 7) is -4.09. The Kier molecular flexibility index (Phi) is 15.9. The summed E-state index contributed by atoms with van der Waals surface area (Å²) in [7, 11) is -10.3. The van der Waals surface area contributed by atoms with E-state index in [0.29, 0.717) is 0 Å². The number of carbonyl (C=O) groups is 2. The number of carbonyl (C=O) groups excluding carboxylic acids is 2. The molecule has 0 rings (SSSR count). The second-order valence-corrected chi connectivity index (χ2v) is 8.23. The molecule has 18 nitrogen and oxygen atoms in total. The summed E-state index contributed by atoms with van der Waals surface area (Å²) in [5, 5.41) is 70.1. The first-order valence-corrected chi connectivity index (χ1v) is 11.2. The lowest BCUT2D eigenvalue weighted by atomic mass is 10.1. The van der Waals surface area contributed by atoms with Gasteiger partial charge in [0.25, 0.3) is 0 Å². The lowest BCUT2D eigenvalue weighted by molar-refractivity contribution is -0.142. The third-order valence-electron chi connectivity index (χ3n) is 3.23. The number of hydrogen-bond acceptors (Lipinski definition) is 14. The molecular formula is C12H26O18P2. The van der Waals surface area contributed by atoms with Gasteiger partial charge in [-0.05, 0) is 0 Å². The summed E-state index contributed by atoms with van der Waals surface area (Å²) in [5.74, 6) is -2.47. The number of rotatable bonds is 14. The molecule has 0 aliphatic carbocycles. The Bertz CT molecular complexity index is 658. The fraction of sp³-hybridized carbons (Fsp3) is 0.833. The quantitative estimate of drug-likeness (QED) is 0.0947. The van der Waals surface area contributed by atoms with Crippen LogP contribution in [0.15, 0.2) is 0 Å². The first kappa shape index (κ1) is 33.4. The van der Waals surface area contributed by atoms with Crippen LogP contribution < -0.4 is 0 Å². The second kappa shape index (κ2) is 15.2. The Hall–Kier alpha value is -0.760. The van der Waals surface area contributed by atoms with Crippen molar-refractivity contribution >= 4 is 27.2 Å². The van der Waals surface area contributed by atoms with E-state index in [1.807, 2.05) is 0 Å². The molecular weight excluding hydrogens is 494 g/mol. The van der Waals surface area contributed by atoms with Gasteiger partial charge in [0.1, 0.15) is 43.7 Å². The SMILES string of the molecule is O=C(CO)[C@@H](O)[C@H](O)[C@H](O)CO.O=C(COP(=O)(O)O)[C@@H](OP(=O)(O)O)[C@@H](O)[C@H](O)CO. The normalized spacial score (nSPS) is 17.9. The highest BCUT2D eigenvalue weighted by Crippen LogP contribution is 2.40. The first-order valence-electron chi connectivity index (χ1n) is 8.14. The molecule has 20 heteroatoms. The van der Waals surface area contributed by atoms with Crippen LogP contribution in [-0.4, -0.2) is 135 Å². The van der Waals surface area contributed by atoms with E-state index in [1.54, 1.807) is 0 Å². The zero-order valence-electron chi connectivity index (χ0n) is 16.0. The molecule has 0 unspecified atom stereocenters. The number of phosphoric ester groups is 2. The van der Waals surface area contributed by atoms with Gasteiger partial charge in [-0.3, -0.25) is 18.6 Å². The molecule has 0 aliphatic heterocycles. The maximum Gasteiger partial charge on any atom is 0.470 e. The van der Waals surface area contributed by atoms with Gasteiger partial charge in [0.2, 0.25) is 0 Å². The number of phosphoric acid groups is 2. The average Bonchev–Trinajstić information content (AvgIpc) is 2.71. The van der Waals surface area contributed by atoms with Gasteiger partial charge in [-0.2, -0.15) is 0 Å². The number of aliphatic hydroxyl groups excluding tert-OH is 8. The Morgan fingerprint density at radius 3 is 1.50 bits per heavy atom.